The van der Waals surface area contributed by atoms with Crippen LogP contribution in [0.2, 0.25) is 0 Å². The second-order valence-corrected chi connectivity index (χ2v) is 6.38. The maximum absolute atomic E-state index is 12.4. The summed E-state index contributed by atoms with van der Waals surface area (Å²) in [4.78, 5) is 29.3. The molecule has 0 radical (unpaired) electrons. The van der Waals surface area contributed by atoms with Crippen molar-refractivity contribution in [2.75, 3.05) is 6.54 Å². The Morgan fingerprint density at radius 3 is 2.68 bits per heavy atom. The van der Waals surface area contributed by atoms with Crippen LogP contribution in [0.5, 0.6) is 0 Å². The minimum atomic E-state index is -1.09. The number of piperidine rings is 1. The third-order valence-electron chi connectivity index (χ3n) is 3.76. The zero-order valence-corrected chi connectivity index (χ0v) is 12.1. The zero-order valence-electron chi connectivity index (χ0n) is 11.3. The summed E-state index contributed by atoms with van der Waals surface area (Å²) in [5.74, 6) is -0.255. The highest BCUT2D eigenvalue weighted by Gasteiger charge is 2.33. The van der Waals surface area contributed by atoms with E-state index in [1.807, 2.05) is 11.8 Å². The number of carboxylic acid groups (broad SMARTS) is 1. The van der Waals surface area contributed by atoms with Crippen molar-refractivity contribution in [3.05, 3.63) is 16.1 Å². The molecule has 1 fully saturated rings. The lowest BCUT2D eigenvalue weighted by Gasteiger charge is -2.40. The Morgan fingerprint density at radius 1 is 1.42 bits per heavy atom. The molecule has 6 heteroatoms. The Morgan fingerprint density at radius 2 is 2.11 bits per heavy atom. The van der Waals surface area contributed by atoms with Crippen LogP contribution in [-0.2, 0) is 0 Å². The van der Waals surface area contributed by atoms with Gasteiger partial charge in [-0.25, -0.2) is 9.78 Å². The fourth-order valence-corrected chi connectivity index (χ4v) is 3.31. The van der Waals surface area contributed by atoms with Gasteiger partial charge in [-0.15, -0.1) is 11.3 Å². The number of amides is 1. The first-order valence-corrected chi connectivity index (χ1v) is 7.22. The summed E-state index contributed by atoms with van der Waals surface area (Å²) >= 11 is 0.945. The van der Waals surface area contributed by atoms with Gasteiger partial charge in [-0.3, -0.25) is 4.79 Å². The number of aromatic carboxylic acids is 1. The summed E-state index contributed by atoms with van der Waals surface area (Å²) in [6.45, 7) is 7.06. The highest BCUT2D eigenvalue weighted by atomic mass is 32.1. The summed E-state index contributed by atoms with van der Waals surface area (Å²) in [5, 5.41) is 8.82. The van der Waals surface area contributed by atoms with Gasteiger partial charge in [0.05, 0.1) is 6.20 Å². The molecule has 0 spiro atoms. The highest BCUT2D eigenvalue weighted by Crippen LogP contribution is 2.29. The molecule has 1 aromatic heterocycles. The van der Waals surface area contributed by atoms with Crippen LogP contribution in [0.15, 0.2) is 6.20 Å². The zero-order chi connectivity index (χ0) is 14.2. The summed E-state index contributed by atoms with van der Waals surface area (Å²) in [7, 11) is 0. The van der Waals surface area contributed by atoms with E-state index in [0.717, 1.165) is 24.3 Å². The topological polar surface area (TPSA) is 70.5 Å². The molecule has 1 amide bonds. The number of carbonyl (C=O) groups excluding carboxylic acids is 1. The van der Waals surface area contributed by atoms with Crippen molar-refractivity contribution in [2.45, 2.75) is 33.2 Å². The average molecular weight is 282 g/mol. The van der Waals surface area contributed by atoms with Crippen LogP contribution in [0.1, 0.15) is 46.7 Å². The second-order valence-electron chi connectivity index (χ2n) is 5.35. The van der Waals surface area contributed by atoms with Gasteiger partial charge in [0, 0.05) is 12.6 Å². The van der Waals surface area contributed by atoms with E-state index in [1.54, 1.807) is 0 Å². The number of rotatable bonds is 2. The number of likely N-dealkylation sites (tertiary alicyclic amines) is 1. The Labute approximate surface area is 116 Å². The van der Waals surface area contributed by atoms with Gasteiger partial charge >= 0.3 is 5.97 Å². The molecule has 19 heavy (non-hydrogen) atoms. The fourth-order valence-electron chi connectivity index (χ4n) is 2.60. The van der Waals surface area contributed by atoms with Crippen LogP contribution in [-0.4, -0.2) is 39.5 Å². The normalized spacial score (nSPS) is 27.3. The Hall–Kier alpha value is -1.43. The number of thiazole rings is 1. The van der Waals surface area contributed by atoms with Crippen molar-refractivity contribution in [1.29, 1.82) is 0 Å². The molecule has 1 N–H and O–H groups in total. The van der Waals surface area contributed by atoms with E-state index >= 15 is 0 Å². The lowest BCUT2D eigenvalue weighted by molar-refractivity contribution is 0.0460. The molecule has 0 aromatic carbocycles. The van der Waals surface area contributed by atoms with E-state index in [-0.39, 0.29) is 17.0 Å². The van der Waals surface area contributed by atoms with Crippen LogP contribution in [0.3, 0.4) is 0 Å². The number of carboxylic acids is 1. The third-order valence-corrected chi connectivity index (χ3v) is 4.73. The van der Waals surface area contributed by atoms with Gasteiger partial charge in [0.15, 0.2) is 0 Å². The molecular formula is C13H18N2O3S. The van der Waals surface area contributed by atoms with Gasteiger partial charge < -0.3 is 10.0 Å². The number of nitrogens with zero attached hydrogens (tertiary/aromatic N) is 2. The fraction of sp³-hybridized carbons (Fsp3) is 0.615. The van der Waals surface area contributed by atoms with Crippen LogP contribution in [0, 0.1) is 11.8 Å². The first kappa shape index (κ1) is 14.0. The minimum absolute atomic E-state index is 0.0332. The van der Waals surface area contributed by atoms with Crippen molar-refractivity contribution >= 4 is 23.2 Å². The number of hydrogen-bond acceptors (Lipinski definition) is 4. The first-order valence-electron chi connectivity index (χ1n) is 6.40. The molecule has 1 saturated heterocycles. The quantitative estimate of drug-likeness (QED) is 0.904. The molecule has 3 unspecified atom stereocenters. The van der Waals surface area contributed by atoms with Crippen LogP contribution >= 0.6 is 11.3 Å². The smallest absolute Gasteiger partial charge is 0.365 e. The summed E-state index contributed by atoms with van der Waals surface area (Å²) < 4.78 is 0. The van der Waals surface area contributed by atoms with Gasteiger partial charge in [0.25, 0.3) is 5.91 Å². The molecule has 1 aromatic rings. The Balaban J connectivity index is 2.19. The van der Waals surface area contributed by atoms with E-state index < -0.39 is 5.97 Å². The Bertz CT molecular complexity index is 500. The summed E-state index contributed by atoms with van der Waals surface area (Å²) in [6, 6.07) is 0.180. The van der Waals surface area contributed by atoms with E-state index in [9.17, 15) is 9.59 Å². The molecule has 5 nitrogen and oxygen atoms in total. The molecule has 1 aliphatic heterocycles. The van der Waals surface area contributed by atoms with Gasteiger partial charge in [-0.1, -0.05) is 13.8 Å². The van der Waals surface area contributed by atoms with Crippen molar-refractivity contribution in [3.8, 4) is 0 Å². The van der Waals surface area contributed by atoms with Crippen molar-refractivity contribution < 1.29 is 14.7 Å². The maximum Gasteiger partial charge on any atom is 0.365 e. The summed E-state index contributed by atoms with van der Waals surface area (Å²) in [6.07, 6.45) is 2.49. The average Bonchev–Trinajstić information content (AvgIpc) is 2.82. The molecule has 3 atom stereocenters. The van der Waals surface area contributed by atoms with Crippen LogP contribution < -0.4 is 0 Å². The lowest BCUT2D eigenvalue weighted by atomic mass is 9.86. The molecule has 0 bridgehead atoms. The van der Waals surface area contributed by atoms with Gasteiger partial charge in [-0.2, -0.15) is 0 Å². The van der Waals surface area contributed by atoms with E-state index in [4.69, 9.17) is 5.11 Å². The molecule has 0 saturated carbocycles. The predicted molar refractivity (Wildman–Crippen MR) is 72.5 cm³/mol. The largest absolute Gasteiger partial charge is 0.476 e. The SMILES string of the molecule is CC1CC(C)C(C)N(C(=O)c2cnc(C(=O)O)s2)C1. The first-order chi connectivity index (χ1) is 8.90. The van der Waals surface area contributed by atoms with Gasteiger partial charge in [0.2, 0.25) is 5.01 Å². The lowest BCUT2D eigenvalue weighted by Crippen LogP contribution is -2.48. The van der Waals surface area contributed by atoms with Crippen molar-refractivity contribution in [1.82, 2.24) is 9.88 Å². The van der Waals surface area contributed by atoms with Gasteiger partial charge in [0.1, 0.15) is 4.88 Å². The van der Waals surface area contributed by atoms with E-state index in [2.05, 4.69) is 18.8 Å². The number of carbonyl (C=O) groups is 2. The predicted octanol–water partition coefficient (Wildman–Crippen LogP) is 2.35. The standard InChI is InChI=1S/C13H18N2O3S/c1-7-4-8(2)9(3)15(6-7)12(16)10-5-14-11(19-10)13(17)18/h5,7-9H,4,6H2,1-3H3,(H,17,18). The second kappa shape index (κ2) is 5.28. The van der Waals surface area contributed by atoms with E-state index in [0.29, 0.717) is 16.7 Å². The van der Waals surface area contributed by atoms with Crippen molar-refractivity contribution in [3.63, 3.8) is 0 Å². The molecule has 2 rings (SSSR count). The number of hydrogen-bond donors (Lipinski definition) is 1. The Kier molecular flexibility index (Phi) is 3.89. The van der Waals surface area contributed by atoms with Crippen LogP contribution in [0.25, 0.3) is 0 Å². The van der Waals surface area contributed by atoms with Crippen LogP contribution in [0.4, 0.5) is 0 Å². The molecule has 104 valence electrons. The van der Waals surface area contributed by atoms with E-state index in [1.165, 1.54) is 6.20 Å². The number of aromatic nitrogens is 1. The molecule has 0 aliphatic carbocycles. The maximum atomic E-state index is 12.4. The summed E-state index contributed by atoms with van der Waals surface area (Å²) in [5.41, 5.74) is 0. The minimum Gasteiger partial charge on any atom is -0.476 e. The molecular weight excluding hydrogens is 264 g/mol. The van der Waals surface area contributed by atoms with Crippen molar-refractivity contribution in [2.24, 2.45) is 11.8 Å². The van der Waals surface area contributed by atoms with Gasteiger partial charge in [-0.05, 0) is 25.2 Å². The highest BCUT2D eigenvalue weighted by molar-refractivity contribution is 7.15. The molecule has 2 heterocycles. The molecule has 1 aliphatic rings. The monoisotopic (exact) mass is 282 g/mol. The third kappa shape index (κ3) is 2.78.